The zero-order valence-electron chi connectivity index (χ0n) is 10.6. The van der Waals surface area contributed by atoms with Gasteiger partial charge in [-0.25, -0.2) is 9.97 Å². The highest BCUT2D eigenvalue weighted by atomic mass is 16.5. The van der Waals surface area contributed by atoms with Gasteiger partial charge in [-0.3, -0.25) is 4.79 Å². The third kappa shape index (κ3) is 4.80. The molecule has 0 amide bonds. The lowest BCUT2D eigenvalue weighted by Gasteiger charge is -2.07. The number of hydrogen-bond donors (Lipinski definition) is 1. The largest absolute Gasteiger partial charge is 0.466 e. The van der Waals surface area contributed by atoms with Crippen molar-refractivity contribution in [1.82, 2.24) is 9.97 Å². The van der Waals surface area contributed by atoms with Crippen molar-refractivity contribution in [2.24, 2.45) is 0 Å². The Bertz CT molecular complexity index is 380. The monoisotopic (exact) mass is 237 g/mol. The number of rotatable bonds is 6. The second-order valence-corrected chi connectivity index (χ2v) is 3.63. The number of carbonyl (C=O) groups excluding carboxylic acids is 1. The van der Waals surface area contributed by atoms with E-state index in [2.05, 4.69) is 15.3 Å². The number of aryl methyl sites for hydroxylation is 2. The SMILES string of the molecule is CCOC(=O)CCNc1cc(CC)nc(C)n1. The van der Waals surface area contributed by atoms with E-state index in [1.807, 2.05) is 19.9 Å². The third-order valence-corrected chi connectivity index (χ3v) is 2.19. The van der Waals surface area contributed by atoms with Gasteiger partial charge in [0.25, 0.3) is 0 Å². The van der Waals surface area contributed by atoms with Crippen LogP contribution in [0.4, 0.5) is 5.82 Å². The van der Waals surface area contributed by atoms with Gasteiger partial charge in [0, 0.05) is 18.3 Å². The maximum Gasteiger partial charge on any atom is 0.307 e. The van der Waals surface area contributed by atoms with Gasteiger partial charge in [-0.15, -0.1) is 0 Å². The van der Waals surface area contributed by atoms with Crippen molar-refractivity contribution < 1.29 is 9.53 Å². The topological polar surface area (TPSA) is 64.1 Å². The Labute approximate surface area is 102 Å². The predicted molar refractivity (Wildman–Crippen MR) is 65.9 cm³/mol. The lowest BCUT2D eigenvalue weighted by atomic mass is 10.3. The second kappa shape index (κ2) is 6.83. The van der Waals surface area contributed by atoms with Gasteiger partial charge in [-0.2, -0.15) is 0 Å². The Balaban J connectivity index is 2.46. The molecule has 1 rings (SSSR count). The van der Waals surface area contributed by atoms with E-state index in [1.165, 1.54) is 0 Å². The summed E-state index contributed by atoms with van der Waals surface area (Å²) >= 11 is 0. The lowest BCUT2D eigenvalue weighted by molar-refractivity contribution is -0.142. The van der Waals surface area contributed by atoms with E-state index in [4.69, 9.17) is 4.74 Å². The number of aromatic nitrogens is 2. The number of carbonyl (C=O) groups is 1. The van der Waals surface area contributed by atoms with Gasteiger partial charge in [0.15, 0.2) is 0 Å². The van der Waals surface area contributed by atoms with Gasteiger partial charge in [0.1, 0.15) is 11.6 Å². The molecule has 0 fully saturated rings. The highest BCUT2D eigenvalue weighted by molar-refractivity contribution is 5.69. The van der Waals surface area contributed by atoms with Crippen molar-refractivity contribution in [2.75, 3.05) is 18.5 Å². The first-order valence-corrected chi connectivity index (χ1v) is 5.89. The molecule has 0 unspecified atom stereocenters. The van der Waals surface area contributed by atoms with Crippen molar-refractivity contribution >= 4 is 11.8 Å². The van der Waals surface area contributed by atoms with E-state index in [0.717, 1.165) is 23.8 Å². The quantitative estimate of drug-likeness (QED) is 0.763. The number of ether oxygens (including phenoxy) is 1. The van der Waals surface area contributed by atoms with Crippen LogP contribution in [-0.2, 0) is 16.0 Å². The van der Waals surface area contributed by atoms with Crippen LogP contribution in [0.1, 0.15) is 31.8 Å². The fourth-order valence-corrected chi connectivity index (χ4v) is 1.43. The molecule has 0 aliphatic carbocycles. The van der Waals surface area contributed by atoms with Gasteiger partial charge in [0.05, 0.1) is 13.0 Å². The molecule has 0 saturated carbocycles. The van der Waals surface area contributed by atoms with Gasteiger partial charge in [-0.05, 0) is 20.3 Å². The lowest BCUT2D eigenvalue weighted by Crippen LogP contribution is -2.12. The minimum absolute atomic E-state index is 0.193. The van der Waals surface area contributed by atoms with Crippen LogP contribution in [-0.4, -0.2) is 29.1 Å². The summed E-state index contributed by atoms with van der Waals surface area (Å²) in [5.41, 5.74) is 0.996. The standard InChI is InChI=1S/C12H19N3O2/c1-4-10-8-11(15-9(3)14-10)13-7-6-12(16)17-5-2/h8H,4-7H2,1-3H3,(H,13,14,15). The molecule has 5 nitrogen and oxygen atoms in total. The van der Waals surface area contributed by atoms with Gasteiger partial charge in [0.2, 0.25) is 0 Å². The summed E-state index contributed by atoms with van der Waals surface area (Å²) in [4.78, 5) is 19.7. The van der Waals surface area contributed by atoms with Crippen LogP contribution in [0, 0.1) is 6.92 Å². The first-order valence-electron chi connectivity index (χ1n) is 5.89. The molecule has 0 spiro atoms. The van der Waals surface area contributed by atoms with Crippen LogP contribution in [0.2, 0.25) is 0 Å². The van der Waals surface area contributed by atoms with E-state index >= 15 is 0 Å². The number of hydrogen-bond acceptors (Lipinski definition) is 5. The van der Waals surface area contributed by atoms with Gasteiger partial charge >= 0.3 is 5.97 Å². The Hall–Kier alpha value is -1.65. The van der Waals surface area contributed by atoms with Crippen LogP contribution < -0.4 is 5.32 Å². The molecule has 0 bridgehead atoms. The molecule has 17 heavy (non-hydrogen) atoms. The highest BCUT2D eigenvalue weighted by Gasteiger charge is 2.03. The van der Waals surface area contributed by atoms with E-state index < -0.39 is 0 Å². The van der Waals surface area contributed by atoms with Gasteiger partial charge in [-0.1, -0.05) is 6.92 Å². The fraction of sp³-hybridized carbons (Fsp3) is 0.583. The molecule has 0 saturated heterocycles. The summed E-state index contributed by atoms with van der Waals surface area (Å²) in [6.07, 6.45) is 1.22. The van der Waals surface area contributed by atoms with Crippen LogP contribution in [0.15, 0.2) is 6.07 Å². The molecule has 0 aliphatic heterocycles. The molecule has 1 heterocycles. The molecule has 1 N–H and O–H groups in total. The smallest absolute Gasteiger partial charge is 0.307 e. The number of nitrogens with zero attached hydrogens (tertiary/aromatic N) is 2. The molecule has 94 valence electrons. The Morgan fingerprint density at radius 2 is 2.18 bits per heavy atom. The Kier molecular flexibility index (Phi) is 5.39. The van der Waals surface area contributed by atoms with E-state index in [9.17, 15) is 4.79 Å². The predicted octanol–water partition coefficient (Wildman–Crippen LogP) is 1.71. The minimum atomic E-state index is -0.193. The average molecular weight is 237 g/mol. The number of esters is 1. The van der Waals surface area contributed by atoms with E-state index in [1.54, 1.807) is 6.92 Å². The first kappa shape index (κ1) is 13.4. The normalized spacial score (nSPS) is 10.1. The average Bonchev–Trinajstić information content (AvgIpc) is 2.28. The molecule has 1 aromatic heterocycles. The number of anilines is 1. The summed E-state index contributed by atoms with van der Waals surface area (Å²) in [5.74, 6) is 1.31. The van der Waals surface area contributed by atoms with Crippen LogP contribution >= 0.6 is 0 Å². The zero-order chi connectivity index (χ0) is 12.7. The minimum Gasteiger partial charge on any atom is -0.466 e. The zero-order valence-corrected chi connectivity index (χ0v) is 10.6. The van der Waals surface area contributed by atoms with Crippen LogP contribution in [0.5, 0.6) is 0 Å². The summed E-state index contributed by atoms with van der Waals surface area (Å²) in [6, 6.07) is 1.90. The molecular weight excluding hydrogens is 218 g/mol. The van der Waals surface area contributed by atoms with E-state index in [-0.39, 0.29) is 5.97 Å². The van der Waals surface area contributed by atoms with E-state index in [0.29, 0.717) is 19.6 Å². The molecule has 0 aromatic carbocycles. The summed E-state index contributed by atoms with van der Waals surface area (Å²) in [7, 11) is 0. The van der Waals surface area contributed by atoms with Crippen molar-refractivity contribution in [3.8, 4) is 0 Å². The first-order chi connectivity index (χ1) is 8.15. The molecule has 0 atom stereocenters. The summed E-state index contributed by atoms with van der Waals surface area (Å²) < 4.78 is 4.84. The second-order valence-electron chi connectivity index (χ2n) is 3.63. The third-order valence-electron chi connectivity index (χ3n) is 2.19. The van der Waals surface area contributed by atoms with Crippen molar-refractivity contribution in [2.45, 2.75) is 33.6 Å². The van der Waals surface area contributed by atoms with Gasteiger partial charge < -0.3 is 10.1 Å². The maximum absolute atomic E-state index is 11.1. The molecular formula is C12H19N3O2. The summed E-state index contributed by atoms with van der Waals surface area (Å²) in [6.45, 7) is 6.65. The Morgan fingerprint density at radius 1 is 1.41 bits per heavy atom. The molecule has 0 radical (unpaired) electrons. The Morgan fingerprint density at radius 3 is 2.82 bits per heavy atom. The maximum atomic E-state index is 11.1. The molecule has 0 aliphatic rings. The molecule has 1 aromatic rings. The number of nitrogens with one attached hydrogen (secondary N) is 1. The van der Waals surface area contributed by atoms with Crippen molar-refractivity contribution in [3.63, 3.8) is 0 Å². The van der Waals surface area contributed by atoms with Crippen LogP contribution in [0.3, 0.4) is 0 Å². The van der Waals surface area contributed by atoms with Crippen molar-refractivity contribution in [1.29, 1.82) is 0 Å². The summed E-state index contributed by atoms with van der Waals surface area (Å²) in [5, 5.41) is 3.10. The van der Waals surface area contributed by atoms with Crippen molar-refractivity contribution in [3.05, 3.63) is 17.6 Å². The highest BCUT2D eigenvalue weighted by Crippen LogP contribution is 2.07. The van der Waals surface area contributed by atoms with Crippen LogP contribution in [0.25, 0.3) is 0 Å². The fourth-order valence-electron chi connectivity index (χ4n) is 1.43. The molecule has 5 heteroatoms.